The number of hydrogen-bond acceptors (Lipinski definition) is 4. The summed E-state index contributed by atoms with van der Waals surface area (Å²) in [6.07, 6.45) is -4.64. The first-order valence-corrected chi connectivity index (χ1v) is 9.67. The Labute approximate surface area is 175 Å². The third kappa shape index (κ3) is 4.68. The second kappa shape index (κ2) is 8.37. The normalized spacial score (nSPS) is 14.7. The van der Waals surface area contributed by atoms with Crippen molar-refractivity contribution in [2.45, 2.75) is 12.7 Å². The summed E-state index contributed by atoms with van der Waals surface area (Å²) in [7, 11) is 0. The van der Waals surface area contributed by atoms with Gasteiger partial charge in [-0.05, 0) is 29.8 Å². The molecule has 10 heteroatoms. The van der Waals surface area contributed by atoms with E-state index in [2.05, 4.69) is 15.3 Å². The lowest BCUT2D eigenvalue weighted by Gasteiger charge is -2.36. The molecule has 0 aliphatic carbocycles. The molecule has 6 nitrogen and oxygen atoms in total. The molecular weight excluding hydrogens is 414 g/mol. The number of aromatic nitrogens is 2. The molecule has 0 atom stereocenters. The Hall–Kier alpha value is -3.43. The van der Waals surface area contributed by atoms with Crippen molar-refractivity contribution >= 4 is 22.9 Å². The molecule has 1 aliphatic rings. The predicted molar refractivity (Wildman–Crippen MR) is 107 cm³/mol. The van der Waals surface area contributed by atoms with Gasteiger partial charge in [-0.25, -0.2) is 19.2 Å². The van der Waals surface area contributed by atoms with Gasteiger partial charge in [0.2, 0.25) is 0 Å². The molecule has 2 amide bonds. The number of piperazine rings is 1. The van der Waals surface area contributed by atoms with Crippen LogP contribution < -0.4 is 10.2 Å². The number of carbonyl (C=O) groups excluding carboxylic acids is 1. The lowest BCUT2D eigenvalue weighted by Crippen LogP contribution is -2.52. The molecule has 0 unspecified atom stereocenters. The largest absolute Gasteiger partial charge is 0.437 e. The van der Waals surface area contributed by atoms with Crippen LogP contribution in [0.2, 0.25) is 0 Å². The molecule has 2 heterocycles. The number of benzene rings is 2. The van der Waals surface area contributed by atoms with Gasteiger partial charge in [0.05, 0.1) is 11.0 Å². The van der Waals surface area contributed by atoms with Gasteiger partial charge < -0.3 is 15.1 Å². The van der Waals surface area contributed by atoms with Crippen LogP contribution in [-0.4, -0.2) is 47.1 Å². The Morgan fingerprint density at radius 1 is 0.935 bits per heavy atom. The van der Waals surface area contributed by atoms with Crippen LogP contribution in [0, 0.1) is 5.82 Å². The maximum atomic E-state index is 13.6. The summed E-state index contributed by atoms with van der Waals surface area (Å²) in [6, 6.07) is 11.8. The summed E-state index contributed by atoms with van der Waals surface area (Å²) in [4.78, 5) is 23.4. The Kier molecular flexibility index (Phi) is 5.62. The molecule has 162 valence electrons. The predicted octanol–water partition coefficient (Wildman–Crippen LogP) is 3.82. The number of urea groups is 1. The zero-order chi connectivity index (χ0) is 22.0. The van der Waals surface area contributed by atoms with Gasteiger partial charge in [-0.1, -0.05) is 24.3 Å². The SMILES string of the molecule is O=C(NCc1ccc(F)cc1)N1CCN(c2nc3ccccc3nc2C(F)(F)F)CC1. The molecule has 3 aromatic rings. The second-order valence-electron chi connectivity index (χ2n) is 7.14. The van der Waals surface area contributed by atoms with Crippen LogP contribution in [0.15, 0.2) is 48.5 Å². The Morgan fingerprint density at radius 2 is 1.55 bits per heavy atom. The molecule has 1 fully saturated rings. The Bertz CT molecular complexity index is 1080. The van der Waals surface area contributed by atoms with Gasteiger partial charge in [0.15, 0.2) is 11.5 Å². The van der Waals surface area contributed by atoms with Crippen LogP contribution >= 0.6 is 0 Å². The van der Waals surface area contributed by atoms with Crippen molar-refractivity contribution in [2.24, 2.45) is 0 Å². The first kappa shape index (κ1) is 20.8. The van der Waals surface area contributed by atoms with E-state index in [1.807, 2.05) is 0 Å². The monoisotopic (exact) mass is 433 g/mol. The number of rotatable bonds is 3. The fourth-order valence-corrected chi connectivity index (χ4v) is 3.41. The van der Waals surface area contributed by atoms with Crippen molar-refractivity contribution < 1.29 is 22.4 Å². The van der Waals surface area contributed by atoms with Gasteiger partial charge in [-0.2, -0.15) is 13.2 Å². The maximum Gasteiger partial charge on any atom is 0.437 e. The highest BCUT2D eigenvalue weighted by molar-refractivity contribution is 5.77. The third-order valence-electron chi connectivity index (χ3n) is 5.04. The number of carbonyl (C=O) groups is 1. The number of hydrogen-bond donors (Lipinski definition) is 1. The zero-order valence-electron chi connectivity index (χ0n) is 16.4. The Balaban J connectivity index is 1.44. The van der Waals surface area contributed by atoms with E-state index in [1.165, 1.54) is 28.0 Å². The minimum atomic E-state index is -4.64. The highest BCUT2D eigenvalue weighted by Gasteiger charge is 2.39. The van der Waals surface area contributed by atoms with Gasteiger partial charge in [-0.3, -0.25) is 0 Å². The van der Waals surface area contributed by atoms with Gasteiger partial charge in [0.25, 0.3) is 0 Å². The summed E-state index contributed by atoms with van der Waals surface area (Å²) < 4.78 is 53.7. The molecule has 0 radical (unpaired) electrons. The number of halogens is 4. The van der Waals surface area contributed by atoms with Crippen LogP contribution in [0.4, 0.5) is 28.2 Å². The van der Waals surface area contributed by atoms with Crippen molar-refractivity contribution in [3.8, 4) is 0 Å². The number of fused-ring (bicyclic) bond motifs is 1. The second-order valence-corrected chi connectivity index (χ2v) is 7.14. The van der Waals surface area contributed by atoms with E-state index in [-0.39, 0.29) is 55.9 Å². The molecule has 0 bridgehead atoms. The topological polar surface area (TPSA) is 61.4 Å². The van der Waals surface area contributed by atoms with Gasteiger partial charge in [0, 0.05) is 32.7 Å². The highest BCUT2D eigenvalue weighted by atomic mass is 19.4. The number of nitrogens with zero attached hydrogens (tertiary/aromatic N) is 4. The zero-order valence-corrected chi connectivity index (χ0v) is 16.4. The van der Waals surface area contributed by atoms with E-state index in [0.29, 0.717) is 5.52 Å². The van der Waals surface area contributed by atoms with Crippen molar-refractivity contribution in [1.29, 1.82) is 0 Å². The fourth-order valence-electron chi connectivity index (χ4n) is 3.41. The highest BCUT2D eigenvalue weighted by Crippen LogP contribution is 2.35. The van der Waals surface area contributed by atoms with Crippen LogP contribution in [0.5, 0.6) is 0 Å². The molecule has 1 aliphatic heterocycles. The molecule has 1 N–H and O–H groups in total. The van der Waals surface area contributed by atoms with Gasteiger partial charge in [0.1, 0.15) is 5.82 Å². The third-order valence-corrected chi connectivity index (χ3v) is 5.04. The average Bonchev–Trinajstić information content (AvgIpc) is 2.77. The van der Waals surface area contributed by atoms with Crippen molar-refractivity contribution in [1.82, 2.24) is 20.2 Å². The molecule has 0 spiro atoms. The van der Waals surface area contributed by atoms with Crippen LogP contribution in [0.1, 0.15) is 11.3 Å². The van der Waals surface area contributed by atoms with Crippen molar-refractivity contribution in [3.63, 3.8) is 0 Å². The van der Waals surface area contributed by atoms with E-state index in [0.717, 1.165) is 5.56 Å². The van der Waals surface area contributed by atoms with Gasteiger partial charge >= 0.3 is 12.2 Å². The molecule has 4 rings (SSSR count). The number of anilines is 1. The minimum Gasteiger partial charge on any atom is -0.351 e. The molecule has 0 saturated carbocycles. The van der Waals surface area contributed by atoms with E-state index >= 15 is 0 Å². The number of nitrogens with one attached hydrogen (secondary N) is 1. The quantitative estimate of drug-likeness (QED) is 0.638. The van der Waals surface area contributed by atoms with Gasteiger partial charge in [-0.15, -0.1) is 0 Å². The van der Waals surface area contributed by atoms with Crippen LogP contribution in [0.25, 0.3) is 11.0 Å². The first-order valence-electron chi connectivity index (χ1n) is 9.67. The number of para-hydroxylation sites is 2. The summed E-state index contributed by atoms with van der Waals surface area (Å²) >= 11 is 0. The summed E-state index contributed by atoms with van der Waals surface area (Å²) in [5, 5.41) is 2.74. The average molecular weight is 433 g/mol. The van der Waals surface area contributed by atoms with E-state index < -0.39 is 11.9 Å². The van der Waals surface area contributed by atoms with Crippen molar-refractivity contribution in [3.05, 3.63) is 65.6 Å². The van der Waals surface area contributed by atoms with E-state index in [9.17, 15) is 22.4 Å². The standard InChI is InChI=1S/C21H19F4N5O/c22-15-7-5-14(6-8-15)13-26-20(31)30-11-9-29(10-12-30)19-18(21(23,24)25)27-16-3-1-2-4-17(16)28-19/h1-8H,9-13H2,(H,26,31). The number of alkyl halides is 3. The fraction of sp³-hybridized carbons (Fsp3) is 0.286. The molecule has 31 heavy (non-hydrogen) atoms. The lowest BCUT2D eigenvalue weighted by molar-refractivity contribution is -0.140. The first-order chi connectivity index (χ1) is 14.8. The maximum absolute atomic E-state index is 13.6. The van der Waals surface area contributed by atoms with E-state index in [1.54, 1.807) is 30.3 Å². The smallest absolute Gasteiger partial charge is 0.351 e. The van der Waals surface area contributed by atoms with Crippen LogP contribution in [0.3, 0.4) is 0 Å². The number of amides is 2. The Morgan fingerprint density at radius 3 is 2.16 bits per heavy atom. The molecule has 1 aromatic heterocycles. The summed E-state index contributed by atoms with van der Waals surface area (Å²) in [5.74, 6) is -0.584. The lowest BCUT2D eigenvalue weighted by atomic mass is 10.2. The summed E-state index contributed by atoms with van der Waals surface area (Å²) in [5.41, 5.74) is 0.275. The van der Waals surface area contributed by atoms with E-state index in [4.69, 9.17) is 0 Å². The minimum absolute atomic E-state index is 0.178. The molecule has 1 saturated heterocycles. The molecule has 2 aromatic carbocycles. The molecular formula is C21H19F4N5O. The van der Waals surface area contributed by atoms with Crippen LogP contribution in [-0.2, 0) is 12.7 Å². The summed E-state index contributed by atoms with van der Waals surface area (Å²) in [6.45, 7) is 1.09. The van der Waals surface area contributed by atoms with Crippen molar-refractivity contribution in [2.75, 3.05) is 31.1 Å².